The molecule has 2 rings (SSSR count). The minimum atomic E-state index is 0.766. The highest BCUT2D eigenvalue weighted by molar-refractivity contribution is 5.74. The zero-order chi connectivity index (χ0) is 12.3. The van der Waals surface area contributed by atoms with E-state index in [1.165, 1.54) is 0 Å². The Balaban J connectivity index is 2.64. The highest BCUT2D eigenvalue weighted by Gasteiger charge is 2.13. The van der Waals surface area contributed by atoms with Crippen molar-refractivity contribution in [2.75, 3.05) is 14.2 Å². The molecule has 0 spiro atoms. The molecule has 2 aromatic rings. The predicted molar refractivity (Wildman–Crippen MR) is 67.5 cm³/mol. The molecule has 3 nitrogen and oxygen atoms in total. The monoisotopic (exact) mass is 229 g/mol. The second kappa shape index (κ2) is 4.87. The Morgan fingerprint density at radius 1 is 0.882 bits per heavy atom. The van der Waals surface area contributed by atoms with Crippen molar-refractivity contribution in [3.05, 3.63) is 42.1 Å². The topological polar surface area (TPSA) is 31.4 Å². The van der Waals surface area contributed by atoms with Crippen molar-refractivity contribution in [1.29, 1.82) is 0 Å². The Kier molecular flexibility index (Phi) is 3.28. The Morgan fingerprint density at radius 3 is 2.00 bits per heavy atom. The van der Waals surface area contributed by atoms with Crippen molar-refractivity contribution in [3.8, 4) is 22.8 Å². The van der Waals surface area contributed by atoms with E-state index < -0.39 is 0 Å². The van der Waals surface area contributed by atoms with Crippen molar-refractivity contribution < 1.29 is 9.47 Å². The lowest BCUT2D eigenvalue weighted by Crippen LogP contribution is -1.95. The first-order valence-electron chi connectivity index (χ1n) is 5.41. The van der Waals surface area contributed by atoms with Gasteiger partial charge in [0.2, 0.25) is 0 Å². The van der Waals surface area contributed by atoms with Crippen LogP contribution >= 0.6 is 0 Å². The maximum absolute atomic E-state index is 5.36. The molecule has 0 atom stereocenters. The Labute approximate surface area is 101 Å². The summed E-state index contributed by atoms with van der Waals surface area (Å²) in [4.78, 5) is 4.50. The highest BCUT2D eigenvalue weighted by Crippen LogP contribution is 2.36. The number of aromatic nitrogens is 1. The molecule has 0 fully saturated rings. The maximum atomic E-state index is 5.36. The molecule has 0 saturated heterocycles. The summed E-state index contributed by atoms with van der Waals surface area (Å²) in [6, 6.07) is 11.6. The van der Waals surface area contributed by atoms with Gasteiger partial charge in [0.1, 0.15) is 11.5 Å². The van der Waals surface area contributed by atoms with Gasteiger partial charge in [-0.1, -0.05) is 12.1 Å². The molecule has 0 amide bonds. The van der Waals surface area contributed by atoms with E-state index in [1.807, 2.05) is 43.3 Å². The molecule has 1 heterocycles. The largest absolute Gasteiger partial charge is 0.496 e. The number of pyridine rings is 1. The minimum absolute atomic E-state index is 0.766. The summed E-state index contributed by atoms with van der Waals surface area (Å²) in [6.07, 6.45) is 0. The Bertz CT molecular complexity index is 501. The molecule has 0 aliphatic heterocycles. The summed E-state index contributed by atoms with van der Waals surface area (Å²) >= 11 is 0. The van der Waals surface area contributed by atoms with Gasteiger partial charge in [0.25, 0.3) is 0 Å². The standard InChI is InChI=1S/C14H15NO2/c1-10-6-4-7-11(15-10)14-12(16-2)8-5-9-13(14)17-3/h4-9H,1-3H3. The first kappa shape index (κ1) is 11.5. The van der Waals surface area contributed by atoms with E-state index >= 15 is 0 Å². The number of nitrogens with zero attached hydrogens (tertiary/aromatic N) is 1. The highest BCUT2D eigenvalue weighted by atomic mass is 16.5. The van der Waals surface area contributed by atoms with Crippen LogP contribution in [0.1, 0.15) is 5.69 Å². The van der Waals surface area contributed by atoms with Crippen molar-refractivity contribution in [1.82, 2.24) is 4.98 Å². The number of hydrogen-bond acceptors (Lipinski definition) is 3. The molecule has 0 aliphatic carbocycles. The molecule has 0 aliphatic rings. The number of aryl methyl sites for hydroxylation is 1. The second-order valence-electron chi connectivity index (χ2n) is 3.70. The van der Waals surface area contributed by atoms with Crippen LogP contribution < -0.4 is 9.47 Å². The van der Waals surface area contributed by atoms with E-state index in [-0.39, 0.29) is 0 Å². The van der Waals surface area contributed by atoms with E-state index in [0.29, 0.717) is 0 Å². The molecular formula is C14H15NO2. The number of rotatable bonds is 3. The average molecular weight is 229 g/mol. The zero-order valence-corrected chi connectivity index (χ0v) is 10.2. The van der Waals surface area contributed by atoms with Gasteiger partial charge in [0, 0.05) is 5.69 Å². The fraction of sp³-hybridized carbons (Fsp3) is 0.214. The van der Waals surface area contributed by atoms with Gasteiger partial charge in [-0.2, -0.15) is 0 Å². The molecule has 17 heavy (non-hydrogen) atoms. The molecule has 0 N–H and O–H groups in total. The zero-order valence-electron chi connectivity index (χ0n) is 10.2. The fourth-order valence-electron chi connectivity index (χ4n) is 1.79. The molecule has 1 aromatic heterocycles. The van der Waals surface area contributed by atoms with Crippen molar-refractivity contribution in [3.63, 3.8) is 0 Å². The summed E-state index contributed by atoms with van der Waals surface area (Å²) in [6.45, 7) is 1.96. The first-order chi connectivity index (χ1) is 8.26. The lowest BCUT2D eigenvalue weighted by molar-refractivity contribution is 0.397. The summed E-state index contributed by atoms with van der Waals surface area (Å²) in [5.74, 6) is 1.53. The number of ether oxygens (including phenoxy) is 2. The quantitative estimate of drug-likeness (QED) is 0.810. The van der Waals surface area contributed by atoms with Gasteiger partial charge >= 0.3 is 0 Å². The van der Waals surface area contributed by atoms with Gasteiger partial charge < -0.3 is 9.47 Å². The minimum Gasteiger partial charge on any atom is -0.496 e. The van der Waals surface area contributed by atoms with Crippen LogP contribution in [0, 0.1) is 6.92 Å². The molecule has 0 saturated carbocycles. The van der Waals surface area contributed by atoms with Crippen LogP contribution in [-0.4, -0.2) is 19.2 Å². The number of methoxy groups -OCH3 is 2. The molecule has 1 aromatic carbocycles. The molecule has 0 bridgehead atoms. The van der Waals surface area contributed by atoms with Gasteiger partial charge in [-0.05, 0) is 31.2 Å². The van der Waals surface area contributed by atoms with E-state index in [1.54, 1.807) is 14.2 Å². The van der Waals surface area contributed by atoms with Crippen LogP contribution in [0.3, 0.4) is 0 Å². The Hall–Kier alpha value is -2.03. The number of hydrogen-bond donors (Lipinski definition) is 0. The summed E-state index contributed by atoms with van der Waals surface area (Å²) in [5, 5.41) is 0. The normalized spacial score (nSPS) is 10.1. The van der Waals surface area contributed by atoms with Gasteiger partial charge in [0.05, 0.1) is 25.5 Å². The maximum Gasteiger partial charge on any atom is 0.132 e. The molecular weight excluding hydrogens is 214 g/mol. The van der Waals surface area contributed by atoms with E-state index in [2.05, 4.69) is 4.98 Å². The summed E-state index contributed by atoms with van der Waals surface area (Å²) < 4.78 is 10.7. The molecule has 0 unspecified atom stereocenters. The van der Waals surface area contributed by atoms with Crippen molar-refractivity contribution in [2.24, 2.45) is 0 Å². The summed E-state index contributed by atoms with van der Waals surface area (Å²) in [5.41, 5.74) is 2.72. The van der Waals surface area contributed by atoms with Crippen LogP contribution in [0.5, 0.6) is 11.5 Å². The molecule has 0 radical (unpaired) electrons. The lowest BCUT2D eigenvalue weighted by atomic mass is 10.1. The first-order valence-corrected chi connectivity index (χ1v) is 5.41. The second-order valence-corrected chi connectivity index (χ2v) is 3.70. The fourth-order valence-corrected chi connectivity index (χ4v) is 1.79. The van der Waals surface area contributed by atoms with Crippen LogP contribution in [0.25, 0.3) is 11.3 Å². The molecule has 3 heteroatoms. The third-order valence-electron chi connectivity index (χ3n) is 2.57. The van der Waals surface area contributed by atoms with Crippen LogP contribution in [0.4, 0.5) is 0 Å². The van der Waals surface area contributed by atoms with Gasteiger partial charge in [0.15, 0.2) is 0 Å². The third-order valence-corrected chi connectivity index (χ3v) is 2.57. The SMILES string of the molecule is COc1cccc(OC)c1-c1cccc(C)n1. The van der Waals surface area contributed by atoms with E-state index in [4.69, 9.17) is 9.47 Å². The lowest BCUT2D eigenvalue weighted by Gasteiger charge is -2.12. The Morgan fingerprint density at radius 2 is 1.47 bits per heavy atom. The van der Waals surface area contributed by atoms with Crippen LogP contribution in [0.2, 0.25) is 0 Å². The van der Waals surface area contributed by atoms with E-state index in [0.717, 1.165) is 28.5 Å². The van der Waals surface area contributed by atoms with Gasteiger partial charge in [-0.3, -0.25) is 4.98 Å². The van der Waals surface area contributed by atoms with Crippen LogP contribution in [-0.2, 0) is 0 Å². The van der Waals surface area contributed by atoms with Crippen molar-refractivity contribution in [2.45, 2.75) is 6.92 Å². The predicted octanol–water partition coefficient (Wildman–Crippen LogP) is 3.07. The van der Waals surface area contributed by atoms with Gasteiger partial charge in [-0.25, -0.2) is 0 Å². The smallest absolute Gasteiger partial charge is 0.132 e. The molecule has 88 valence electrons. The van der Waals surface area contributed by atoms with E-state index in [9.17, 15) is 0 Å². The average Bonchev–Trinajstić information content (AvgIpc) is 2.37. The van der Waals surface area contributed by atoms with Crippen LogP contribution in [0.15, 0.2) is 36.4 Å². The summed E-state index contributed by atoms with van der Waals surface area (Å²) in [7, 11) is 3.29. The number of benzene rings is 1. The third kappa shape index (κ3) is 2.23. The van der Waals surface area contributed by atoms with Crippen molar-refractivity contribution >= 4 is 0 Å². The van der Waals surface area contributed by atoms with Gasteiger partial charge in [-0.15, -0.1) is 0 Å².